The summed E-state index contributed by atoms with van der Waals surface area (Å²) in [6.45, 7) is 1.20. The molecule has 1 atom stereocenters. The number of hydrogen-bond donors (Lipinski definition) is 1. The second-order valence-electron chi connectivity index (χ2n) is 6.33. The Morgan fingerprint density at radius 2 is 1.86 bits per heavy atom. The minimum absolute atomic E-state index is 0.289. The highest BCUT2D eigenvalue weighted by molar-refractivity contribution is 7.10. The molecule has 0 fully saturated rings. The summed E-state index contributed by atoms with van der Waals surface area (Å²) in [5.41, 5.74) is 1.74. The summed E-state index contributed by atoms with van der Waals surface area (Å²) < 4.78 is 23.6. The highest BCUT2D eigenvalue weighted by atomic mass is 32.1. The van der Waals surface area contributed by atoms with Gasteiger partial charge in [-0.3, -0.25) is 4.79 Å². The van der Waals surface area contributed by atoms with Crippen molar-refractivity contribution in [2.45, 2.75) is 13.0 Å². The van der Waals surface area contributed by atoms with Crippen molar-refractivity contribution in [3.05, 3.63) is 87.9 Å². The zero-order valence-electron chi connectivity index (χ0n) is 15.8. The minimum Gasteiger partial charge on any atom is -0.482 e. The van der Waals surface area contributed by atoms with Gasteiger partial charge < -0.3 is 14.8 Å². The molecule has 0 aliphatic carbocycles. The van der Waals surface area contributed by atoms with Crippen LogP contribution < -0.4 is 10.1 Å². The highest BCUT2D eigenvalue weighted by Crippen LogP contribution is 2.26. The van der Waals surface area contributed by atoms with Crippen LogP contribution in [0.25, 0.3) is 0 Å². The summed E-state index contributed by atoms with van der Waals surface area (Å²) >= 11 is 1.47. The number of esters is 1. The summed E-state index contributed by atoms with van der Waals surface area (Å²) in [6, 6.07) is 16.5. The SMILES string of the molecule is Cc1cccc(OCC(=O)OCC(=O)N[C@@H](c2ccc(F)cc2)c2cccs2)c1. The van der Waals surface area contributed by atoms with Gasteiger partial charge in [-0.15, -0.1) is 11.3 Å². The molecule has 7 heteroatoms. The fourth-order valence-electron chi connectivity index (χ4n) is 2.67. The third-order valence-electron chi connectivity index (χ3n) is 4.05. The van der Waals surface area contributed by atoms with E-state index in [0.717, 1.165) is 16.0 Å². The van der Waals surface area contributed by atoms with Crippen LogP contribution in [-0.4, -0.2) is 25.1 Å². The molecule has 0 saturated heterocycles. The molecule has 29 heavy (non-hydrogen) atoms. The van der Waals surface area contributed by atoms with Gasteiger partial charge in [-0.25, -0.2) is 9.18 Å². The van der Waals surface area contributed by atoms with E-state index < -0.39 is 24.5 Å². The summed E-state index contributed by atoms with van der Waals surface area (Å²) in [4.78, 5) is 25.1. The van der Waals surface area contributed by atoms with E-state index in [1.807, 2.05) is 36.6 Å². The first kappa shape index (κ1) is 20.5. The van der Waals surface area contributed by atoms with Crippen LogP contribution in [0.4, 0.5) is 4.39 Å². The van der Waals surface area contributed by atoms with Crippen molar-refractivity contribution in [2.75, 3.05) is 13.2 Å². The van der Waals surface area contributed by atoms with Crippen molar-refractivity contribution in [3.8, 4) is 5.75 Å². The standard InChI is InChI=1S/C22H20FNO4S/c1-15-4-2-5-18(12-15)27-14-21(26)28-13-20(25)24-22(19-6-3-11-29-19)16-7-9-17(23)10-8-16/h2-12,22H,13-14H2,1H3,(H,24,25)/t22-/m0/s1. The maximum Gasteiger partial charge on any atom is 0.344 e. The summed E-state index contributed by atoms with van der Waals surface area (Å²) in [5, 5.41) is 4.71. The molecule has 0 bridgehead atoms. The first-order valence-corrected chi connectivity index (χ1v) is 9.82. The molecule has 3 aromatic rings. The maximum atomic E-state index is 13.2. The maximum absolute atomic E-state index is 13.2. The first-order valence-electron chi connectivity index (χ1n) is 8.94. The number of halogens is 1. The highest BCUT2D eigenvalue weighted by Gasteiger charge is 2.19. The number of carbonyl (C=O) groups excluding carboxylic acids is 2. The third-order valence-corrected chi connectivity index (χ3v) is 4.98. The van der Waals surface area contributed by atoms with Crippen molar-refractivity contribution in [1.29, 1.82) is 0 Å². The van der Waals surface area contributed by atoms with Crippen LogP contribution in [0.2, 0.25) is 0 Å². The summed E-state index contributed by atoms with van der Waals surface area (Å²) in [6.07, 6.45) is 0. The van der Waals surface area contributed by atoms with Gasteiger partial charge in [-0.2, -0.15) is 0 Å². The molecule has 3 rings (SSSR count). The van der Waals surface area contributed by atoms with Gasteiger partial charge in [0.2, 0.25) is 0 Å². The fraction of sp³-hybridized carbons (Fsp3) is 0.182. The molecule has 1 aromatic heterocycles. The van der Waals surface area contributed by atoms with Crippen LogP contribution in [0, 0.1) is 12.7 Å². The molecule has 0 spiro atoms. The minimum atomic E-state index is -0.642. The topological polar surface area (TPSA) is 64.6 Å². The molecule has 1 amide bonds. The largest absolute Gasteiger partial charge is 0.482 e. The average Bonchev–Trinajstić information content (AvgIpc) is 3.24. The number of amides is 1. The molecule has 0 aliphatic rings. The Labute approximate surface area is 172 Å². The number of rotatable bonds is 8. The first-order chi connectivity index (χ1) is 14.0. The Morgan fingerprint density at radius 1 is 1.07 bits per heavy atom. The Kier molecular flexibility index (Phi) is 6.97. The molecule has 0 unspecified atom stereocenters. The lowest BCUT2D eigenvalue weighted by molar-refractivity contribution is -0.150. The van der Waals surface area contributed by atoms with Gasteiger partial charge in [-0.05, 0) is 53.8 Å². The molecular weight excluding hydrogens is 393 g/mol. The normalized spacial score (nSPS) is 11.5. The predicted molar refractivity (Wildman–Crippen MR) is 108 cm³/mol. The number of thiophene rings is 1. The summed E-state index contributed by atoms with van der Waals surface area (Å²) in [5.74, 6) is -0.902. The Bertz CT molecular complexity index is 957. The van der Waals surface area contributed by atoms with Crippen LogP contribution in [-0.2, 0) is 14.3 Å². The quantitative estimate of drug-likeness (QED) is 0.567. The fourth-order valence-corrected chi connectivity index (χ4v) is 3.47. The molecule has 0 saturated carbocycles. The molecule has 0 aliphatic heterocycles. The van der Waals surface area contributed by atoms with E-state index in [-0.39, 0.29) is 12.4 Å². The van der Waals surface area contributed by atoms with E-state index in [1.54, 1.807) is 24.3 Å². The molecule has 2 aromatic carbocycles. The number of benzene rings is 2. The lowest BCUT2D eigenvalue weighted by Gasteiger charge is -2.18. The zero-order chi connectivity index (χ0) is 20.6. The predicted octanol–water partition coefficient (Wildman–Crippen LogP) is 4.02. The second kappa shape index (κ2) is 9.84. The lowest BCUT2D eigenvalue weighted by Crippen LogP contribution is -2.33. The van der Waals surface area contributed by atoms with Gasteiger partial charge in [0.1, 0.15) is 11.6 Å². The van der Waals surface area contributed by atoms with Crippen LogP contribution in [0.3, 0.4) is 0 Å². The van der Waals surface area contributed by atoms with Gasteiger partial charge in [0.15, 0.2) is 13.2 Å². The number of hydrogen-bond acceptors (Lipinski definition) is 5. The monoisotopic (exact) mass is 413 g/mol. The molecule has 1 N–H and O–H groups in total. The second-order valence-corrected chi connectivity index (χ2v) is 7.31. The molecule has 1 heterocycles. The molecular formula is C22H20FNO4S. The number of aryl methyl sites for hydroxylation is 1. The van der Waals surface area contributed by atoms with Gasteiger partial charge in [-0.1, -0.05) is 30.3 Å². The Balaban J connectivity index is 1.53. The van der Waals surface area contributed by atoms with Gasteiger partial charge in [0.25, 0.3) is 5.91 Å². The number of ether oxygens (including phenoxy) is 2. The average molecular weight is 413 g/mol. The van der Waals surface area contributed by atoms with Crippen LogP contribution >= 0.6 is 11.3 Å². The van der Waals surface area contributed by atoms with E-state index in [2.05, 4.69) is 5.32 Å². The van der Waals surface area contributed by atoms with Crippen LogP contribution in [0.5, 0.6) is 5.75 Å². The molecule has 0 radical (unpaired) electrons. The van der Waals surface area contributed by atoms with E-state index in [1.165, 1.54) is 23.5 Å². The van der Waals surface area contributed by atoms with E-state index >= 15 is 0 Å². The van der Waals surface area contributed by atoms with Crippen molar-refractivity contribution in [3.63, 3.8) is 0 Å². The van der Waals surface area contributed by atoms with Crippen molar-refractivity contribution in [2.24, 2.45) is 0 Å². The Hall–Kier alpha value is -3.19. The zero-order valence-corrected chi connectivity index (χ0v) is 16.6. The van der Waals surface area contributed by atoms with Crippen molar-refractivity contribution < 1.29 is 23.5 Å². The lowest BCUT2D eigenvalue weighted by atomic mass is 10.1. The number of nitrogens with one attached hydrogen (secondary N) is 1. The van der Waals surface area contributed by atoms with Crippen molar-refractivity contribution >= 4 is 23.2 Å². The molecule has 5 nitrogen and oxygen atoms in total. The Morgan fingerprint density at radius 3 is 2.55 bits per heavy atom. The van der Waals surface area contributed by atoms with Gasteiger partial charge >= 0.3 is 5.97 Å². The van der Waals surface area contributed by atoms with E-state index in [9.17, 15) is 14.0 Å². The third kappa shape index (κ3) is 6.15. The van der Waals surface area contributed by atoms with Gasteiger partial charge in [0, 0.05) is 4.88 Å². The molecule has 150 valence electrons. The smallest absolute Gasteiger partial charge is 0.344 e. The van der Waals surface area contributed by atoms with Crippen LogP contribution in [0.1, 0.15) is 22.0 Å². The van der Waals surface area contributed by atoms with E-state index in [4.69, 9.17) is 9.47 Å². The van der Waals surface area contributed by atoms with Crippen molar-refractivity contribution in [1.82, 2.24) is 5.32 Å². The van der Waals surface area contributed by atoms with Crippen LogP contribution in [0.15, 0.2) is 66.0 Å². The summed E-state index contributed by atoms with van der Waals surface area (Å²) in [7, 11) is 0. The van der Waals surface area contributed by atoms with Gasteiger partial charge in [0.05, 0.1) is 6.04 Å². The number of carbonyl (C=O) groups is 2. The van der Waals surface area contributed by atoms with E-state index in [0.29, 0.717) is 5.75 Å².